The number of aliphatic hydroxyl groups is 4. The minimum absolute atomic E-state index is 0.0742. The van der Waals surface area contributed by atoms with Crippen molar-refractivity contribution in [3.05, 3.63) is 47.7 Å². The van der Waals surface area contributed by atoms with Crippen LogP contribution in [0.5, 0.6) is 0 Å². The van der Waals surface area contributed by atoms with Crippen molar-refractivity contribution in [2.45, 2.75) is 88.1 Å². The highest BCUT2D eigenvalue weighted by Gasteiger charge is 2.63. The Bertz CT molecular complexity index is 1390. The van der Waals surface area contributed by atoms with Crippen LogP contribution in [0, 0.1) is 35.0 Å². The third-order valence-electron chi connectivity index (χ3n) is 10.9. The van der Waals surface area contributed by atoms with Crippen LogP contribution >= 0.6 is 0 Å². The van der Waals surface area contributed by atoms with E-state index >= 15 is 0 Å². The zero-order chi connectivity index (χ0) is 29.5. The van der Waals surface area contributed by atoms with Crippen molar-refractivity contribution in [2.75, 3.05) is 20.2 Å². The molecular formula is C34H46N4O4. The van der Waals surface area contributed by atoms with Gasteiger partial charge in [0.1, 0.15) is 0 Å². The quantitative estimate of drug-likeness (QED) is 0.0933. The molecule has 0 aliphatic heterocycles. The number of guanidine groups is 1. The van der Waals surface area contributed by atoms with Crippen LogP contribution in [0.3, 0.4) is 0 Å². The molecule has 0 radical (unpaired) electrons. The van der Waals surface area contributed by atoms with E-state index in [1.807, 2.05) is 13.0 Å². The van der Waals surface area contributed by atoms with Crippen molar-refractivity contribution < 1.29 is 20.4 Å². The summed E-state index contributed by atoms with van der Waals surface area (Å²) < 4.78 is 0. The first kappa shape index (κ1) is 29.3. The van der Waals surface area contributed by atoms with Gasteiger partial charge in [0.2, 0.25) is 0 Å². The molecule has 0 saturated heterocycles. The monoisotopic (exact) mass is 574 g/mol. The zero-order valence-corrected chi connectivity index (χ0v) is 24.9. The Labute approximate surface area is 248 Å². The van der Waals surface area contributed by atoms with E-state index in [0.717, 1.165) is 36.9 Å². The molecule has 8 atom stereocenters. The molecule has 8 nitrogen and oxygen atoms in total. The number of nitrogens with zero attached hydrogens (tertiary/aromatic N) is 1. The molecule has 1 spiro atoms. The molecule has 6 rings (SSSR count). The molecule has 2 fully saturated rings. The number of hydrogen-bond acceptors (Lipinski definition) is 5. The molecule has 2 aromatic rings. The number of allylic oxidation sites excluding steroid dienone is 2. The standard InChI is InChI=1S/C34H46N4O4/c1-32(41)13-14-33-21-28-27(32)19-30(40)34(28,42)20-25(38-31(35-2)36-15-6-16-39)12-11-23(33)8-5-9-24(33)18-26-17-22-7-3-4-10-29(22)37-26/h3-4,7,9-10,17,23,25,27-28,30,37,39-42H,5-6,8,13-16,18-21H2,1-2H3,(H2,35,36,38)/t23-,25-,27+,28+,30-,32-,33+,34-/m1/s1. The van der Waals surface area contributed by atoms with Gasteiger partial charge in [-0.2, -0.15) is 0 Å². The summed E-state index contributed by atoms with van der Waals surface area (Å²) in [5.74, 6) is 7.31. The molecule has 7 N–H and O–H groups in total. The number of hydrogen-bond donors (Lipinski definition) is 7. The highest BCUT2D eigenvalue weighted by Crippen LogP contribution is 2.62. The first-order valence-electron chi connectivity index (χ1n) is 15.7. The lowest BCUT2D eigenvalue weighted by Gasteiger charge is -2.46. The van der Waals surface area contributed by atoms with Crippen molar-refractivity contribution in [2.24, 2.45) is 28.2 Å². The molecule has 1 aromatic carbocycles. The molecule has 4 aliphatic rings. The van der Waals surface area contributed by atoms with Crippen LogP contribution in [0.25, 0.3) is 10.9 Å². The lowest BCUT2D eigenvalue weighted by Crippen LogP contribution is -2.53. The molecule has 0 unspecified atom stereocenters. The van der Waals surface area contributed by atoms with E-state index < -0.39 is 23.3 Å². The predicted molar refractivity (Wildman–Crippen MR) is 165 cm³/mol. The molecular weight excluding hydrogens is 528 g/mol. The van der Waals surface area contributed by atoms with E-state index in [9.17, 15) is 20.4 Å². The average molecular weight is 575 g/mol. The second-order valence-corrected chi connectivity index (χ2v) is 13.4. The molecule has 42 heavy (non-hydrogen) atoms. The summed E-state index contributed by atoms with van der Waals surface area (Å²) in [6, 6.07) is 10.1. The van der Waals surface area contributed by atoms with E-state index in [-0.39, 0.29) is 36.2 Å². The number of aromatic amines is 1. The Morgan fingerprint density at radius 2 is 1.98 bits per heavy atom. The van der Waals surface area contributed by atoms with Crippen LogP contribution in [-0.2, 0) is 6.42 Å². The Balaban J connectivity index is 1.41. The fraction of sp³-hybridized carbons (Fsp3) is 0.618. The maximum absolute atomic E-state index is 12.4. The van der Waals surface area contributed by atoms with Crippen molar-refractivity contribution in [3.8, 4) is 11.8 Å². The predicted octanol–water partition coefficient (Wildman–Crippen LogP) is 3.02. The van der Waals surface area contributed by atoms with Gasteiger partial charge >= 0.3 is 0 Å². The number of para-hydroxylation sites is 1. The minimum Gasteiger partial charge on any atom is -0.396 e. The maximum atomic E-state index is 12.4. The lowest BCUT2D eigenvalue weighted by molar-refractivity contribution is -0.106. The van der Waals surface area contributed by atoms with Crippen LogP contribution < -0.4 is 10.6 Å². The average Bonchev–Trinajstić information content (AvgIpc) is 3.46. The SMILES string of the molecule is CN=C(NCCCO)N[C@@H]1C#C[C@H]2CCC=C(Cc3cc4ccccc4[nH]3)[C@]23CC[C@@](C)(O)[C@H]2C[C@@H](O)[C@@](O)(C1)[C@H]2C3. The van der Waals surface area contributed by atoms with Gasteiger partial charge in [-0.05, 0) is 81.2 Å². The number of H-pyrrole nitrogens is 1. The van der Waals surface area contributed by atoms with E-state index in [0.29, 0.717) is 38.2 Å². The van der Waals surface area contributed by atoms with Gasteiger partial charge in [0.15, 0.2) is 5.96 Å². The number of aliphatic imine (C=N–C) groups is 1. The Morgan fingerprint density at radius 3 is 2.76 bits per heavy atom. The van der Waals surface area contributed by atoms with Crippen LogP contribution in [0.15, 0.2) is 47.0 Å². The number of benzene rings is 1. The van der Waals surface area contributed by atoms with Gasteiger partial charge in [0.05, 0.1) is 23.3 Å². The first-order chi connectivity index (χ1) is 20.2. The lowest BCUT2D eigenvalue weighted by atomic mass is 9.58. The zero-order valence-electron chi connectivity index (χ0n) is 24.9. The van der Waals surface area contributed by atoms with Gasteiger partial charge in [-0.25, -0.2) is 0 Å². The van der Waals surface area contributed by atoms with Crippen LogP contribution in [0.2, 0.25) is 0 Å². The fourth-order valence-electron chi connectivity index (χ4n) is 8.59. The summed E-state index contributed by atoms with van der Waals surface area (Å²) in [7, 11) is 1.69. The van der Waals surface area contributed by atoms with Crippen LogP contribution in [0.4, 0.5) is 0 Å². The van der Waals surface area contributed by atoms with E-state index in [2.05, 4.69) is 62.8 Å². The van der Waals surface area contributed by atoms with Gasteiger partial charge in [0.25, 0.3) is 0 Å². The smallest absolute Gasteiger partial charge is 0.191 e. The maximum Gasteiger partial charge on any atom is 0.191 e. The summed E-state index contributed by atoms with van der Waals surface area (Å²) in [4.78, 5) is 7.96. The van der Waals surface area contributed by atoms with Crippen molar-refractivity contribution >= 4 is 16.9 Å². The van der Waals surface area contributed by atoms with Crippen LogP contribution in [0.1, 0.15) is 64.0 Å². The van der Waals surface area contributed by atoms with Crippen molar-refractivity contribution in [1.29, 1.82) is 0 Å². The van der Waals surface area contributed by atoms with Crippen molar-refractivity contribution in [3.63, 3.8) is 0 Å². The number of rotatable bonds is 6. The third kappa shape index (κ3) is 5.15. The van der Waals surface area contributed by atoms with Gasteiger partial charge in [-0.1, -0.05) is 41.7 Å². The largest absolute Gasteiger partial charge is 0.396 e. The highest BCUT2D eigenvalue weighted by atomic mass is 16.3. The Kier molecular flexibility index (Phi) is 7.90. The number of aromatic nitrogens is 1. The van der Waals surface area contributed by atoms with E-state index in [1.54, 1.807) is 7.05 Å². The topological polar surface area (TPSA) is 133 Å². The van der Waals surface area contributed by atoms with Gasteiger partial charge in [-0.15, -0.1) is 0 Å². The molecule has 0 amide bonds. The first-order valence-corrected chi connectivity index (χ1v) is 15.7. The van der Waals surface area contributed by atoms with E-state index in [4.69, 9.17) is 0 Å². The van der Waals surface area contributed by atoms with Gasteiger partial charge < -0.3 is 36.0 Å². The van der Waals surface area contributed by atoms with E-state index in [1.165, 1.54) is 11.0 Å². The molecule has 4 aliphatic carbocycles. The summed E-state index contributed by atoms with van der Waals surface area (Å²) in [6.45, 7) is 2.55. The Hall–Kier alpha value is -2.83. The number of nitrogens with one attached hydrogen (secondary N) is 3. The summed E-state index contributed by atoms with van der Waals surface area (Å²) in [6.07, 6.45) is 7.40. The molecule has 2 saturated carbocycles. The molecule has 2 bridgehead atoms. The number of aliphatic hydroxyl groups excluding tert-OH is 2. The second-order valence-electron chi connectivity index (χ2n) is 13.4. The summed E-state index contributed by atoms with van der Waals surface area (Å²) >= 11 is 0. The van der Waals surface area contributed by atoms with Crippen molar-refractivity contribution in [1.82, 2.24) is 15.6 Å². The number of fused-ring (bicyclic) bond motifs is 1. The van der Waals surface area contributed by atoms with Gasteiger partial charge in [0, 0.05) is 55.6 Å². The normalized spacial score (nSPS) is 37.8. The molecule has 226 valence electrons. The minimum atomic E-state index is -1.40. The third-order valence-corrected chi connectivity index (χ3v) is 10.9. The molecule has 1 aromatic heterocycles. The molecule has 8 heteroatoms. The molecule has 1 heterocycles. The Morgan fingerprint density at radius 1 is 1.14 bits per heavy atom. The second kappa shape index (κ2) is 11.3. The van der Waals surface area contributed by atoms with Gasteiger partial charge in [-0.3, -0.25) is 4.99 Å². The summed E-state index contributed by atoms with van der Waals surface area (Å²) in [5, 5.41) is 52.8. The highest BCUT2D eigenvalue weighted by molar-refractivity contribution is 5.81. The summed E-state index contributed by atoms with van der Waals surface area (Å²) in [5.41, 5.74) is 0.926. The van der Waals surface area contributed by atoms with Crippen LogP contribution in [-0.4, -0.2) is 74.9 Å². The fourth-order valence-corrected chi connectivity index (χ4v) is 8.59.